The number of aliphatic hydroxyl groups excluding tert-OH is 1. The summed E-state index contributed by atoms with van der Waals surface area (Å²) >= 11 is 0. The van der Waals surface area contributed by atoms with Gasteiger partial charge in [-0.15, -0.1) is 0 Å². The van der Waals surface area contributed by atoms with Gasteiger partial charge in [0.05, 0.1) is 34.5 Å². The maximum absolute atomic E-state index is 11.4. The second kappa shape index (κ2) is 8.61. The van der Waals surface area contributed by atoms with Crippen LogP contribution in [0.5, 0.6) is 0 Å². The zero-order valence-electron chi connectivity index (χ0n) is 19.3. The van der Waals surface area contributed by atoms with Crippen molar-refractivity contribution in [2.75, 3.05) is 5.32 Å². The van der Waals surface area contributed by atoms with E-state index in [1.807, 2.05) is 17.8 Å². The lowest BCUT2D eigenvalue weighted by molar-refractivity contribution is -0.142. The molecule has 2 aromatic rings. The van der Waals surface area contributed by atoms with E-state index in [0.717, 1.165) is 78.7 Å². The number of fused-ring (bicyclic) bond motifs is 1. The summed E-state index contributed by atoms with van der Waals surface area (Å²) in [5.74, 6) is -0.945. The first-order valence-corrected chi connectivity index (χ1v) is 12.1. The number of carboxylic acid groups (broad SMARTS) is 1. The number of aliphatic hydroxyl groups is 1. The summed E-state index contributed by atoms with van der Waals surface area (Å²) in [7, 11) is 0. The molecule has 3 heterocycles. The van der Waals surface area contributed by atoms with Crippen LogP contribution in [0.3, 0.4) is 0 Å². The van der Waals surface area contributed by atoms with Crippen LogP contribution >= 0.6 is 0 Å². The first-order valence-electron chi connectivity index (χ1n) is 12.1. The monoisotopic (exact) mass is 455 g/mol. The van der Waals surface area contributed by atoms with Crippen molar-refractivity contribution >= 4 is 28.4 Å². The lowest BCUT2D eigenvalue weighted by atomic mass is 9.82. The maximum Gasteiger partial charge on any atom is 0.306 e. The number of carbonyl (C=O) groups is 1. The Morgan fingerprint density at radius 2 is 2.00 bits per heavy atom. The number of aromatic nitrogens is 3. The van der Waals surface area contributed by atoms with Gasteiger partial charge < -0.3 is 15.5 Å². The molecule has 178 valence electrons. The van der Waals surface area contributed by atoms with Gasteiger partial charge >= 0.3 is 5.97 Å². The highest BCUT2D eigenvalue weighted by atomic mass is 16.7. The van der Waals surface area contributed by atoms with Gasteiger partial charge in [-0.1, -0.05) is 0 Å². The van der Waals surface area contributed by atoms with Crippen molar-refractivity contribution < 1.29 is 19.8 Å². The SMILES string of the molecule is CCn1nc(C)c2c(NC3CCC(C(=O)O)CC3)c(C3=CC4(CCC(O)CC4)ON3)cnc21. The van der Waals surface area contributed by atoms with Crippen molar-refractivity contribution in [2.45, 2.75) is 89.5 Å². The number of nitrogens with zero attached hydrogens (tertiary/aromatic N) is 3. The predicted molar refractivity (Wildman–Crippen MR) is 124 cm³/mol. The van der Waals surface area contributed by atoms with Gasteiger partial charge in [-0.25, -0.2) is 9.67 Å². The molecule has 5 rings (SSSR count). The molecule has 2 aromatic heterocycles. The summed E-state index contributed by atoms with van der Waals surface area (Å²) in [5, 5.41) is 28.7. The van der Waals surface area contributed by atoms with E-state index in [1.54, 1.807) is 0 Å². The number of hydrogen-bond acceptors (Lipinski definition) is 7. The van der Waals surface area contributed by atoms with Crippen LogP contribution in [-0.4, -0.2) is 48.7 Å². The summed E-state index contributed by atoms with van der Waals surface area (Å²) in [4.78, 5) is 22.2. The average molecular weight is 456 g/mol. The molecular weight excluding hydrogens is 422 g/mol. The smallest absolute Gasteiger partial charge is 0.306 e. The highest BCUT2D eigenvalue weighted by Gasteiger charge is 2.40. The fraction of sp³-hybridized carbons (Fsp3) is 0.625. The van der Waals surface area contributed by atoms with Crippen LogP contribution in [0.2, 0.25) is 0 Å². The number of hydroxylamine groups is 1. The maximum atomic E-state index is 11.4. The van der Waals surface area contributed by atoms with E-state index < -0.39 is 11.6 Å². The second-order valence-corrected chi connectivity index (χ2v) is 9.74. The zero-order chi connectivity index (χ0) is 23.2. The Hall–Kier alpha value is -2.65. The van der Waals surface area contributed by atoms with Crippen molar-refractivity contribution in [2.24, 2.45) is 5.92 Å². The van der Waals surface area contributed by atoms with Gasteiger partial charge in [0.2, 0.25) is 0 Å². The quantitative estimate of drug-likeness (QED) is 0.541. The van der Waals surface area contributed by atoms with Crippen molar-refractivity contribution in [3.05, 3.63) is 23.5 Å². The van der Waals surface area contributed by atoms with Crippen LogP contribution < -0.4 is 10.8 Å². The molecule has 9 heteroatoms. The van der Waals surface area contributed by atoms with Gasteiger partial charge in [0.15, 0.2) is 5.65 Å². The molecule has 0 radical (unpaired) electrons. The Morgan fingerprint density at radius 1 is 1.27 bits per heavy atom. The van der Waals surface area contributed by atoms with Crippen LogP contribution in [0.4, 0.5) is 5.69 Å². The van der Waals surface area contributed by atoms with Crippen LogP contribution in [0, 0.1) is 12.8 Å². The van der Waals surface area contributed by atoms with Gasteiger partial charge in [-0.2, -0.15) is 5.10 Å². The Labute approximate surface area is 193 Å². The molecule has 4 N–H and O–H groups in total. The van der Waals surface area contributed by atoms with Gasteiger partial charge in [0, 0.05) is 24.3 Å². The highest BCUT2D eigenvalue weighted by molar-refractivity contribution is 5.97. The lowest BCUT2D eigenvalue weighted by Crippen LogP contribution is -2.36. The van der Waals surface area contributed by atoms with Gasteiger partial charge in [0.1, 0.15) is 5.60 Å². The number of rotatable bonds is 5. The number of anilines is 1. The molecule has 2 fully saturated rings. The minimum Gasteiger partial charge on any atom is -0.481 e. The van der Waals surface area contributed by atoms with E-state index in [9.17, 15) is 15.0 Å². The van der Waals surface area contributed by atoms with Crippen molar-refractivity contribution in [3.63, 3.8) is 0 Å². The molecule has 0 atom stereocenters. The van der Waals surface area contributed by atoms with Crippen LogP contribution in [0.1, 0.15) is 69.5 Å². The summed E-state index contributed by atoms with van der Waals surface area (Å²) < 4.78 is 1.91. The second-order valence-electron chi connectivity index (χ2n) is 9.74. The van der Waals surface area contributed by atoms with Gasteiger partial charge in [0.25, 0.3) is 0 Å². The number of aliphatic carboxylic acids is 1. The summed E-state index contributed by atoms with van der Waals surface area (Å²) in [5.41, 5.74) is 7.30. The third-order valence-electron chi connectivity index (χ3n) is 7.52. The molecule has 0 saturated heterocycles. The first-order chi connectivity index (χ1) is 15.9. The molecule has 0 amide bonds. The number of pyridine rings is 1. The Bertz CT molecular complexity index is 1080. The Kier molecular flexibility index (Phi) is 5.78. The van der Waals surface area contributed by atoms with Crippen molar-refractivity contribution in [1.29, 1.82) is 0 Å². The summed E-state index contributed by atoms with van der Waals surface area (Å²) in [6, 6.07) is 0.191. The van der Waals surface area contributed by atoms with Gasteiger partial charge in [-0.3, -0.25) is 15.1 Å². The molecule has 33 heavy (non-hydrogen) atoms. The standard InChI is InChI=1S/C24H33N5O4/c1-3-29-22-20(14(2)27-29)21(26-16-6-4-15(5-7-16)23(31)32)18(13-25-22)19-12-24(33-28-19)10-8-17(30)9-11-24/h12-13,15-17,28,30H,3-11H2,1-2H3,(H,25,26)(H,31,32). The molecular formula is C24H33N5O4. The van der Waals surface area contributed by atoms with Crippen molar-refractivity contribution in [3.8, 4) is 0 Å². The minimum atomic E-state index is -0.694. The van der Waals surface area contributed by atoms with Crippen molar-refractivity contribution in [1.82, 2.24) is 20.2 Å². The fourth-order valence-electron chi connectivity index (χ4n) is 5.53. The number of hydrogen-bond donors (Lipinski definition) is 4. The Morgan fingerprint density at radius 3 is 2.67 bits per heavy atom. The molecule has 1 aliphatic heterocycles. The molecule has 3 aliphatic rings. The lowest BCUT2D eigenvalue weighted by Gasteiger charge is -2.31. The largest absolute Gasteiger partial charge is 0.481 e. The third kappa shape index (κ3) is 4.08. The zero-order valence-corrected chi connectivity index (χ0v) is 19.3. The minimum absolute atomic E-state index is 0.191. The van der Waals surface area contributed by atoms with Crippen LogP contribution in [0.25, 0.3) is 16.7 Å². The molecule has 0 aromatic carbocycles. The number of aryl methyl sites for hydroxylation is 2. The fourth-order valence-corrected chi connectivity index (χ4v) is 5.53. The molecule has 9 nitrogen and oxygen atoms in total. The molecule has 2 saturated carbocycles. The van der Waals surface area contributed by atoms with Crippen LogP contribution in [-0.2, 0) is 16.2 Å². The van der Waals surface area contributed by atoms with Gasteiger partial charge in [-0.05, 0) is 71.3 Å². The molecule has 1 spiro atoms. The average Bonchev–Trinajstić information content (AvgIpc) is 3.38. The van der Waals surface area contributed by atoms with E-state index in [-0.39, 0.29) is 18.1 Å². The predicted octanol–water partition coefficient (Wildman–Crippen LogP) is 3.36. The Balaban J connectivity index is 1.51. The van der Waals surface area contributed by atoms with Crippen LogP contribution in [0.15, 0.2) is 12.3 Å². The molecule has 2 aliphatic carbocycles. The highest BCUT2D eigenvalue weighted by Crippen LogP contribution is 2.41. The topological polar surface area (TPSA) is 122 Å². The number of nitrogens with one attached hydrogen (secondary N) is 2. The van der Waals surface area contributed by atoms with E-state index >= 15 is 0 Å². The third-order valence-corrected chi connectivity index (χ3v) is 7.52. The molecule has 0 unspecified atom stereocenters. The summed E-state index contributed by atoms with van der Waals surface area (Å²) in [6.45, 7) is 4.79. The summed E-state index contributed by atoms with van der Waals surface area (Å²) in [6.07, 6.45) is 9.75. The van der Waals surface area contributed by atoms with E-state index in [0.29, 0.717) is 12.8 Å². The molecule has 0 bridgehead atoms. The van der Waals surface area contributed by atoms with E-state index in [2.05, 4.69) is 23.8 Å². The van der Waals surface area contributed by atoms with E-state index in [4.69, 9.17) is 14.9 Å². The van der Waals surface area contributed by atoms with E-state index in [1.165, 1.54) is 0 Å². The number of carboxylic acids is 1. The normalized spacial score (nSPS) is 29.8. The first kappa shape index (κ1) is 22.2.